The summed E-state index contributed by atoms with van der Waals surface area (Å²) in [5, 5.41) is 0.994. The number of hydrogen-bond donors (Lipinski definition) is 1. The number of aromatic nitrogens is 1. The number of nitrogens with zero attached hydrogens (tertiary/aromatic N) is 1. The van der Waals surface area contributed by atoms with Gasteiger partial charge >= 0.3 is 5.97 Å². The average molecular weight is 390 g/mol. The van der Waals surface area contributed by atoms with Crippen molar-refractivity contribution in [2.45, 2.75) is 31.0 Å². The Hall–Kier alpha value is -2.58. The number of para-hydroxylation sites is 1. The number of furan rings is 1. The van der Waals surface area contributed by atoms with Gasteiger partial charge in [0, 0.05) is 37.6 Å². The minimum atomic E-state index is -3.63. The van der Waals surface area contributed by atoms with Crippen LogP contribution in [0.2, 0.25) is 0 Å². The number of carbonyl (C=O) groups is 1. The summed E-state index contributed by atoms with van der Waals surface area (Å²) >= 11 is 0. The second-order valence-electron chi connectivity index (χ2n) is 6.38. The number of carbonyl (C=O) groups excluding carboxylic acids is 1. The van der Waals surface area contributed by atoms with Gasteiger partial charge in [-0.05, 0) is 36.6 Å². The number of aromatic amines is 1. The van der Waals surface area contributed by atoms with Crippen LogP contribution in [0.25, 0.3) is 10.9 Å². The van der Waals surface area contributed by atoms with Crippen LogP contribution in [0, 0.1) is 0 Å². The minimum absolute atomic E-state index is 0.0884. The second-order valence-corrected chi connectivity index (χ2v) is 8.46. The molecule has 2 heterocycles. The highest BCUT2D eigenvalue weighted by atomic mass is 32.2. The van der Waals surface area contributed by atoms with Gasteiger partial charge in [-0.3, -0.25) is 4.79 Å². The molecule has 0 saturated heterocycles. The molecule has 3 rings (SSSR count). The number of benzene rings is 1. The number of sulfonamides is 1. The molecule has 0 bridgehead atoms. The van der Waals surface area contributed by atoms with Gasteiger partial charge in [0.15, 0.2) is 0 Å². The number of ether oxygens (including phenoxy) is 1. The highest BCUT2D eigenvalue weighted by Crippen LogP contribution is 2.20. The molecule has 0 spiro atoms. The van der Waals surface area contributed by atoms with Gasteiger partial charge in [0.1, 0.15) is 12.4 Å². The number of nitrogens with one attached hydrogen (secondary N) is 1. The van der Waals surface area contributed by atoms with Crippen molar-refractivity contribution in [2.75, 3.05) is 14.1 Å². The number of fused-ring (bicyclic) bond motifs is 1. The third kappa shape index (κ3) is 4.40. The summed E-state index contributed by atoms with van der Waals surface area (Å²) in [6.45, 7) is -0.0884. The molecule has 1 N–H and O–H groups in total. The molecule has 8 heteroatoms. The maximum atomic E-state index is 12.0. The number of H-pyrrole nitrogens is 1. The van der Waals surface area contributed by atoms with Crippen molar-refractivity contribution in [1.82, 2.24) is 9.29 Å². The van der Waals surface area contributed by atoms with E-state index in [1.807, 2.05) is 24.4 Å². The second kappa shape index (κ2) is 7.98. The van der Waals surface area contributed by atoms with Gasteiger partial charge in [0.2, 0.25) is 5.09 Å². The van der Waals surface area contributed by atoms with Crippen LogP contribution in [0.5, 0.6) is 0 Å². The Morgan fingerprint density at radius 2 is 1.96 bits per heavy atom. The van der Waals surface area contributed by atoms with Gasteiger partial charge in [-0.2, -0.15) is 0 Å². The van der Waals surface area contributed by atoms with Crippen LogP contribution < -0.4 is 0 Å². The Balaban J connectivity index is 1.47. The molecule has 0 aliphatic rings. The third-order valence-corrected chi connectivity index (χ3v) is 5.94. The zero-order valence-corrected chi connectivity index (χ0v) is 16.1. The molecule has 0 unspecified atom stereocenters. The van der Waals surface area contributed by atoms with Gasteiger partial charge in [0.25, 0.3) is 10.0 Å². The SMILES string of the molecule is CN(C)S(=O)(=O)c1ccc(COC(=O)CCCc2c[nH]c3ccccc23)o1. The molecule has 0 amide bonds. The van der Waals surface area contributed by atoms with E-state index in [-0.39, 0.29) is 24.1 Å². The van der Waals surface area contributed by atoms with E-state index < -0.39 is 10.0 Å². The molecule has 0 atom stereocenters. The Kier molecular flexibility index (Phi) is 5.67. The number of hydrogen-bond acceptors (Lipinski definition) is 5. The zero-order chi connectivity index (χ0) is 19.4. The van der Waals surface area contributed by atoms with E-state index >= 15 is 0 Å². The lowest BCUT2D eigenvalue weighted by atomic mass is 10.1. The van der Waals surface area contributed by atoms with Crippen molar-refractivity contribution in [3.63, 3.8) is 0 Å². The summed E-state index contributed by atoms with van der Waals surface area (Å²) < 4.78 is 35.4. The monoisotopic (exact) mass is 390 g/mol. The highest BCUT2D eigenvalue weighted by Gasteiger charge is 2.21. The van der Waals surface area contributed by atoms with E-state index in [2.05, 4.69) is 11.1 Å². The number of esters is 1. The Bertz CT molecular complexity index is 1030. The van der Waals surface area contributed by atoms with E-state index in [1.54, 1.807) is 0 Å². The van der Waals surface area contributed by atoms with Crippen molar-refractivity contribution < 1.29 is 22.4 Å². The largest absolute Gasteiger partial charge is 0.457 e. The standard InChI is InChI=1S/C19H22N2O5S/c1-21(2)27(23,24)19-11-10-15(26-19)13-25-18(22)9-5-6-14-12-20-17-8-4-3-7-16(14)17/h3-4,7-8,10-12,20H,5-6,9,13H2,1-2H3. The molecular weight excluding hydrogens is 368 g/mol. The lowest BCUT2D eigenvalue weighted by molar-refractivity contribution is -0.145. The third-order valence-electron chi connectivity index (χ3n) is 4.25. The van der Waals surface area contributed by atoms with Crippen LogP contribution in [-0.2, 0) is 32.6 Å². The average Bonchev–Trinajstić information content (AvgIpc) is 3.27. The van der Waals surface area contributed by atoms with Crippen LogP contribution in [0.1, 0.15) is 24.2 Å². The van der Waals surface area contributed by atoms with Crippen LogP contribution >= 0.6 is 0 Å². The smallest absolute Gasteiger partial charge is 0.306 e. The fraction of sp³-hybridized carbons (Fsp3) is 0.316. The summed E-state index contributed by atoms with van der Waals surface area (Å²) in [5.41, 5.74) is 2.25. The van der Waals surface area contributed by atoms with E-state index in [9.17, 15) is 13.2 Å². The van der Waals surface area contributed by atoms with Crippen molar-refractivity contribution in [1.29, 1.82) is 0 Å². The molecule has 144 valence electrons. The van der Waals surface area contributed by atoms with Crippen molar-refractivity contribution in [2.24, 2.45) is 0 Å². The lowest BCUT2D eigenvalue weighted by Crippen LogP contribution is -2.21. The lowest BCUT2D eigenvalue weighted by Gasteiger charge is -2.07. The molecule has 1 aromatic carbocycles. The molecule has 27 heavy (non-hydrogen) atoms. The molecule has 0 aliphatic heterocycles. The molecule has 0 aliphatic carbocycles. The minimum Gasteiger partial charge on any atom is -0.457 e. The molecule has 0 saturated carbocycles. The normalized spacial score (nSPS) is 12.0. The first-order valence-corrected chi connectivity index (χ1v) is 10.0. The van der Waals surface area contributed by atoms with Gasteiger partial charge in [-0.15, -0.1) is 0 Å². The van der Waals surface area contributed by atoms with E-state index in [1.165, 1.54) is 31.8 Å². The topological polar surface area (TPSA) is 92.6 Å². The molecule has 2 aromatic heterocycles. The van der Waals surface area contributed by atoms with Gasteiger partial charge in [0.05, 0.1) is 0 Å². The first kappa shape index (κ1) is 19.2. The predicted octanol–water partition coefficient (Wildman–Crippen LogP) is 3.08. The van der Waals surface area contributed by atoms with Gasteiger partial charge < -0.3 is 14.1 Å². The van der Waals surface area contributed by atoms with Gasteiger partial charge in [-0.25, -0.2) is 12.7 Å². The van der Waals surface area contributed by atoms with Crippen molar-refractivity contribution in [3.05, 3.63) is 53.9 Å². The zero-order valence-electron chi connectivity index (χ0n) is 15.3. The maximum Gasteiger partial charge on any atom is 0.306 e. The summed E-state index contributed by atoms with van der Waals surface area (Å²) in [7, 11) is -0.785. The molecule has 7 nitrogen and oxygen atoms in total. The van der Waals surface area contributed by atoms with Crippen LogP contribution in [0.3, 0.4) is 0 Å². The molecule has 0 fully saturated rings. The predicted molar refractivity (Wildman–Crippen MR) is 101 cm³/mol. The van der Waals surface area contributed by atoms with Crippen molar-refractivity contribution in [3.8, 4) is 0 Å². The van der Waals surface area contributed by atoms with Crippen molar-refractivity contribution >= 4 is 26.9 Å². The van der Waals surface area contributed by atoms with E-state index in [4.69, 9.17) is 9.15 Å². The van der Waals surface area contributed by atoms with Crippen LogP contribution in [0.15, 0.2) is 52.1 Å². The molecular formula is C19H22N2O5S. The fourth-order valence-corrected chi connectivity index (χ4v) is 3.55. The first-order chi connectivity index (χ1) is 12.9. The van der Waals surface area contributed by atoms with Crippen LogP contribution in [-0.4, -0.2) is 37.8 Å². The van der Waals surface area contributed by atoms with E-state index in [0.29, 0.717) is 12.2 Å². The number of rotatable bonds is 8. The Morgan fingerprint density at radius 3 is 2.74 bits per heavy atom. The summed E-state index contributed by atoms with van der Waals surface area (Å²) in [6, 6.07) is 10.9. The molecule has 0 radical (unpaired) electrons. The summed E-state index contributed by atoms with van der Waals surface area (Å²) in [4.78, 5) is 15.1. The van der Waals surface area contributed by atoms with E-state index in [0.717, 1.165) is 21.6 Å². The summed E-state index contributed by atoms with van der Waals surface area (Å²) in [6.07, 6.45) is 3.68. The van der Waals surface area contributed by atoms with Crippen LogP contribution in [0.4, 0.5) is 0 Å². The quantitative estimate of drug-likeness (QED) is 0.597. The number of aryl methyl sites for hydroxylation is 1. The first-order valence-electron chi connectivity index (χ1n) is 8.60. The van der Waals surface area contributed by atoms with Gasteiger partial charge in [-0.1, -0.05) is 18.2 Å². The maximum absolute atomic E-state index is 12.0. The Labute approximate surface area is 158 Å². The molecule has 3 aromatic rings. The highest BCUT2D eigenvalue weighted by molar-refractivity contribution is 7.88. The Morgan fingerprint density at radius 1 is 1.19 bits per heavy atom. The fourth-order valence-electron chi connectivity index (χ4n) is 2.74. The summed E-state index contributed by atoms with van der Waals surface area (Å²) in [5.74, 6) is -0.0522.